The second-order valence-electron chi connectivity index (χ2n) is 7.74. The number of fused-ring (bicyclic) bond motifs is 3. The molecule has 32 heavy (non-hydrogen) atoms. The van der Waals surface area contributed by atoms with E-state index in [0.717, 1.165) is 40.4 Å². The predicted octanol–water partition coefficient (Wildman–Crippen LogP) is 3.41. The molecule has 4 heterocycles. The van der Waals surface area contributed by atoms with Crippen LogP contribution < -0.4 is 9.64 Å². The number of hydrogen-bond donors (Lipinski definition) is 0. The van der Waals surface area contributed by atoms with E-state index in [1.807, 2.05) is 21.4 Å². The van der Waals surface area contributed by atoms with Crippen molar-refractivity contribution in [2.75, 3.05) is 43.9 Å². The molecule has 1 amide bonds. The van der Waals surface area contributed by atoms with Gasteiger partial charge in [-0.1, -0.05) is 11.8 Å². The van der Waals surface area contributed by atoms with Gasteiger partial charge in [0.2, 0.25) is 5.91 Å². The summed E-state index contributed by atoms with van der Waals surface area (Å²) in [5.74, 6) is 1.31. The van der Waals surface area contributed by atoms with Gasteiger partial charge in [0.15, 0.2) is 10.8 Å². The standard InChI is InChI=1S/C22H24N6O2S2/c1-14-15(2)32-21-19(14)20-24-25-22(28(20)13-23-21)31-12-18(29)27-10-8-26(9-11-27)16-4-6-17(30-3)7-5-16/h4-7,13H,8-12H2,1-3H3. The van der Waals surface area contributed by atoms with E-state index in [2.05, 4.69) is 46.1 Å². The van der Waals surface area contributed by atoms with E-state index in [-0.39, 0.29) is 5.91 Å². The number of carbonyl (C=O) groups excluding carboxylic acids is 1. The SMILES string of the molecule is COc1ccc(N2CCN(C(=O)CSc3nnc4c5c(C)c(C)sc5ncn34)CC2)cc1. The maximum atomic E-state index is 12.8. The monoisotopic (exact) mass is 468 g/mol. The third kappa shape index (κ3) is 3.77. The average Bonchev–Trinajstić information content (AvgIpc) is 3.37. The van der Waals surface area contributed by atoms with Crippen LogP contribution in [0.1, 0.15) is 10.4 Å². The maximum Gasteiger partial charge on any atom is 0.233 e. The van der Waals surface area contributed by atoms with Crippen LogP contribution in [0.2, 0.25) is 0 Å². The molecule has 0 radical (unpaired) electrons. The van der Waals surface area contributed by atoms with Gasteiger partial charge in [0.1, 0.15) is 16.9 Å². The first-order valence-electron chi connectivity index (χ1n) is 10.4. The molecule has 10 heteroatoms. The molecule has 4 aromatic rings. The number of ether oxygens (including phenoxy) is 1. The van der Waals surface area contributed by atoms with Gasteiger partial charge in [-0.25, -0.2) is 4.98 Å². The number of benzene rings is 1. The molecule has 1 fully saturated rings. The van der Waals surface area contributed by atoms with Crippen LogP contribution in [0.15, 0.2) is 35.7 Å². The number of rotatable bonds is 5. The molecular formula is C22H24N6O2S2. The van der Waals surface area contributed by atoms with Crippen LogP contribution in [-0.2, 0) is 4.79 Å². The van der Waals surface area contributed by atoms with Crippen molar-refractivity contribution >= 4 is 50.6 Å². The number of nitrogens with zero attached hydrogens (tertiary/aromatic N) is 6. The first-order valence-corrected chi connectivity index (χ1v) is 12.2. The van der Waals surface area contributed by atoms with Crippen molar-refractivity contribution in [3.8, 4) is 5.75 Å². The van der Waals surface area contributed by atoms with Gasteiger partial charge in [-0.05, 0) is 43.7 Å². The summed E-state index contributed by atoms with van der Waals surface area (Å²) in [5, 5.41) is 10.5. The molecule has 0 aliphatic carbocycles. The zero-order valence-electron chi connectivity index (χ0n) is 18.2. The fourth-order valence-corrected chi connectivity index (χ4v) is 5.75. The van der Waals surface area contributed by atoms with Gasteiger partial charge in [0.05, 0.1) is 18.2 Å². The second kappa shape index (κ2) is 8.59. The Balaban J connectivity index is 1.22. The number of amides is 1. The lowest BCUT2D eigenvalue weighted by molar-refractivity contribution is -0.128. The first-order chi connectivity index (χ1) is 15.5. The molecule has 0 atom stereocenters. The summed E-state index contributed by atoms with van der Waals surface area (Å²) < 4.78 is 7.12. The number of piperazine rings is 1. The summed E-state index contributed by atoms with van der Waals surface area (Å²) in [4.78, 5) is 23.8. The third-order valence-electron chi connectivity index (χ3n) is 5.94. The van der Waals surface area contributed by atoms with Gasteiger partial charge < -0.3 is 14.5 Å². The highest BCUT2D eigenvalue weighted by atomic mass is 32.2. The van der Waals surface area contributed by atoms with E-state index >= 15 is 0 Å². The molecule has 0 saturated carbocycles. The number of methoxy groups -OCH3 is 1. The largest absolute Gasteiger partial charge is 0.497 e. The number of carbonyl (C=O) groups is 1. The van der Waals surface area contributed by atoms with E-state index < -0.39 is 0 Å². The van der Waals surface area contributed by atoms with Crippen LogP contribution in [0.25, 0.3) is 15.9 Å². The Morgan fingerprint density at radius 1 is 1.12 bits per heavy atom. The van der Waals surface area contributed by atoms with E-state index in [1.54, 1.807) is 24.8 Å². The normalized spacial score (nSPS) is 14.5. The minimum atomic E-state index is 0.123. The van der Waals surface area contributed by atoms with Crippen LogP contribution in [-0.4, -0.2) is 69.4 Å². The number of anilines is 1. The molecule has 166 valence electrons. The number of hydrogen-bond acceptors (Lipinski definition) is 8. The minimum Gasteiger partial charge on any atom is -0.497 e. The summed E-state index contributed by atoms with van der Waals surface area (Å²) in [6.45, 7) is 7.23. The molecule has 0 N–H and O–H groups in total. The van der Waals surface area contributed by atoms with E-state index in [1.165, 1.54) is 22.2 Å². The summed E-state index contributed by atoms with van der Waals surface area (Å²) in [6.07, 6.45) is 1.76. The van der Waals surface area contributed by atoms with Gasteiger partial charge in [-0.2, -0.15) is 0 Å². The summed E-state index contributed by atoms with van der Waals surface area (Å²) in [7, 11) is 1.67. The van der Waals surface area contributed by atoms with Crippen LogP contribution in [0.4, 0.5) is 5.69 Å². The maximum absolute atomic E-state index is 12.8. The van der Waals surface area contributed by atoms with Gasteiger partial charge >= 0.3 is 0 Å². The Bertz CT molecular complexity index is 1280. The number of thiophene rings is 1. The average molecular weight is 469 g/mol. The molecule has 5 rings (SSSR count). The number of aromatic nitrogens is 4. The molecule has 0 unspecified atom stereocenters. The van der Waals surface area contributed by atoms with Crippen molar-refractivity contribution < 1.29 is 9.53 Å². The molecule has 1 aliphatic heterocycles. The zero-order valence-corrected chi connectivity index (χ0v) is 19.9. The Hall–Kier alpha value is -2.85. The van der Waals surface area contributed by atoms with Gasteiger partial charge in [0, 0.05) is 36.7 Å². The predicted molar refractivity (Wildman–Crippen MR) is 128 cm³/mol. The molecule has 0 bridgehead atoms. The molecular weight excluding hydrogens is 444 g/mol. The lowest BCUT2D eigenvalue weighted by Gasteiger charge is -2.36. The van der Waals surface area contributed by atoms with Crippen molar-refractivity contribution in [1.29, 1.82) is 0 Å². The van der Waals surface area contributed by atoms with E-state index in [9.17, 15) is 4.79 Å². The van der Waals surface area contributed by atoms with Gasteiger partial charge in [-0.15, -0.1) is 21.5 Å². The van der Waals surface area contributed by atoms with Crippen molar-refractivity contribution in [2.24, 2.45) is 0 Å². The topological polar surface area (TPSA) is 75.9 Å². The molecule has 0 spiro atoms. The molecule has 1 saturated heterocycles. The highest BCUT2D eigenvalue weighted by molar-refractivity contribution is 7.99. The zero-order chi connectivity index (χ0) is 22.2. The van der Waals surface area contributed by atoms with Crippen molar-refractivity contribution in [3.05, 3.63) is 41.0 Å². The van der Waals surface area contributed by atoms with Gasteiger partial charge in [-0.3, -0.25) is 9.20 Å². The fraction of sp³-hybridized carbons (Fsp3) is 0.364. The number of thioether (sulfide) groups is 1. The Kier molecular flexibility index (Phi) is 5.64. The first kappa shape index (κ1) is 21.0. The van der Waals surface area contributed by atoms with Crippen molar-refractivity contribution in [2.45, 2.75) is 19.0 Å². The quantitative estimate of drug-likeness (QED) is 0.416. The summed E-state index contributed by atoms with van der Waals surface area (Å²) in [6, 6.07) is 8.05. The third-order valence-corrected chi connectivity index (χ3v) is 7.98. The highest BCUT2D eigenvalue weighted by Crippen LogP contribution is 2.32. The Morgan fingerprint density at radius 2 is 1.88 bits per heavy atom. The molecule has 3 aromatic heterocycles. The van der Waals surface area contributed by atoms with Crippen LogP contribution in [0.5, 0.6) is 5.75 Å². The lowest BCUT2D eigenvalue weighted by Crippen LogP contribution is -2.49. The van der Waals surface area contributed by atoms with Crippen molar-refractivity contribution in [1.82, 2.24) is 24.5 Å². The summed E-state index contributed by atoms with van der Waals surface area (Å²) in [5.41, 5.74) is 3.15. The van der Waals surface area contributed by atoms with Gasteiger partial charge in [0.25, 0.3) is 0 Å². The van der Waals surface area contributed by atoms with Crippen LogP contribution >= 0.6 is 23.1 Å². The summed E-state index contributed by atoms with van der Waals surface area (Å²) >= 11 is 3.09. The Morgan fingerprint density at radius 3 is 2.59 bits per heavy atom. The fourth-order valence-electron chi connectivity index (χ4n) is 3.95. The highest BCUT2D eigenvalue weighted by Gasteiger charge is 2.22. The van der Waals surface area contributed by atoms with Crippen LogP contribution in [0.3, 0.4) is 0 Å². The molecule has 1 aromatic carbocycles. The lowest BCUT2D eigenvalue weighted by atomic mass is 10.2. The smallest absolute Gasteiger partial charge is 0.233 e. The molecule has 1 aliphatic rings. The number of aryl methyl sites for hydroxylation is 2. The second-order valence-corrected chi connectivity index (χ2v) is 9.88. The van der Waals surface area contributed by atoms with E-state index in [0.29, 0.717) is 24.0 Å². The molecule has 8 nitrogen and oxygen atoms in total. The van der Waals surface area contributed by atoms with Crippen LogP contribution in [0, 0.1) is 13.8 Å². The Labute approximate surface area is 194 Å². The van der Waals surface area contributed by atoms with Crippen molar-refractivity contribution in [3.63, 3.8) is 0 Å². The minimum absolute atomic E-state index is 0.123. The van der Waals surface area contributed by atoms with E-state index in [4.69, 9.17) is 4.74 Å².